The summed E-state index contributed by atoms with van der Waals surface area (Å²) in [5.74, 6) is 0.516. The second-order valence-electron chi connectivity index (χ2n) is 4.15. The molecule has 0 amide bonds. The normalized spacial score (nSPS) is 11.2. The predicted octanol–water partition coefficient (Wildman–Crippen LogP) is 2.02. The average molecular weight is 259 g/mol. The van der Waals surface area contributed by atoms with Crippen molar-refractivity contribution in [2.45, 2.75) is 19.9 Å². The maximum atomic E-state index is 5.96. The number of imidazole rings is 1. The van der Waals surface area contributed by atoms with Crippen LogP contribution in [0.25, 0.3) is 11.2 Å². The van der Waals surface area contributed by atoms with Gasteiger partial charge in [-0.05, 0) is 18.6 Å². The number of hydrogen-bond donors (Lipinski definition) is 1. The van der Waals surface area contributed by atoms with Gasteiger partial charge in [0.15, 0.2) is 5.65 Å². The van der Waals surface area contributed by atoms with E-state index in [1.165, 1.54) is 0 Å². The van der Waals surface area contributed by atoms with Crippen molar-refractivity contribution in [3.05, 3.63) is 34.4 Å². The van der Waals surface area contributed by atoms with Crippen LogP contribution >= 0.6 is 11.3 Å². The molecule has 0 atom stereocenters. The smallest absolute Gasteiger partial charge is 0.202 e. The zero-order valence-electron chi connectivity index (χ0n) is 10.00. The minimum absolute atomic E-state index is 0.516. The van der Waals surface area contributed by atoms with Gasteiger partial charge in [0.1, 0.15) is 5.52 Å². The molecule has 6 heteroatoms. The molecule has 3 aromatic rings. The Bertz CT molecular complexity index is 671. The molecule has 0 aliphatic carbocycles. The molecule has 0 spiro atoms. The van der Waals surface area contributed by atoms with Crippen LogP contribution in [0.5, 0.6) is 0 Å². The lowest BCUT2D eigenvalue weighted by Crippen LogP contribution is -2.06. The fraction of sp³-hybridized carbons (Fsp3) is 0.250. The van der Waals surface area contributed by atoms with E-state index in [1.807, 2.05) is 28.4 Å². The van der Waals surface area contributed by atoms with Gasteiger partial charge in [-0.25, -0.2) is 15.0 Å². The molecule has 0 fully saturated rings. The van der Waals surface area contributed by atoms with Crippen molar-refractivity contribution in [3.8, 4) is 0 Å². The van der Waals surface area contributed by atoms with Gasteiger partial charge in [0.25, 0.3) is 0 Å². The second kappa shape index (κ2) is 4.38. The molecule has 92 valence electrons. The number of nitrogens with zero attached hydrogens (tertiary/aromatic N) is 4. The van der Waals surface area contributed by atoms with Crippen molar-refractivity contribution in [2.75, 3.05) is 5.73 Å². The van der Waals surface area contributed by atoms with Gasteiger partial charge in [0.05, 0.1) is 11.2 Å². The Balaban J connectivity index is 1.96. The molecule has 18 heavy (non-hydrogen) atoms. The Morgan fingerprint density at radius 1 is 1.39 bits per heavy atom. The minimum atomic E-state index is 0.516. The Kier molecular flexibility index (Phi) is 2.71. The van der Waals surface area contributed by atoms with Crippen molar-refractivity contribution in [3.63, 3.8) is 0 Å². The standard InChI is InChI=1S/C12H13N5S/c1-8-2-4-14-11-10(8)16-12(13)17(11)5-3-9-6-18-7-15-9/h2,4,6-7H,3,5H2,1H3,(H2,13,16). The maximum absolute atomic E-state index is 5.96. The monoisotopic (exact) mass is 259 g/mol. The summed E-state index contributed by atoms with van der Waals surface area (Å²) in [5, 5.41) is 2.05. The van der Waals surface area contributed by atoms with Crippen LogP contribution in [0.2, 0.25) is 0 Å². The van der Waals surface area contributed by atoms with E-state index >= 15 is 0 Å². The molecule has 0 aliphatic rings. The Morgan fingerprint density at radius 3 is 3.06 bits per heavy atom. The van der Waals surface area contributed by atoms with Crippen molar-refractivity contribution >= 4 is 28.4 Å². The number of thiazole rings is 1. The lowest BCUT2D eigenvalue weighted by atomic mass is 10.3. The van der Waals surface area contributed by atoms with Gasteiger partial charge >= 0.3 is 0 Å². The van der Waals surface area contributed by atoms with E-state index in [9.17, 15) is 0 Å². The molecule has 2 N–H and O–H groups in total. The van der Waals surface area contributed by atoms with E-state index in [0.29, 0.717) is 5.95 Å². The quantitative estimate of drug-likeness (QED) is 0.781. The average Bonchev–Trinajstić information content (AvgIpc) is 2.95. The number of hydrogen-bond acceptors (Lipinski definition) is 5. The summed E-state index contributed by atoms with van der Waals surface area (Å²) < 4.78 is 1.95. The summed E-state index contributed by atoms with van der Waals surface area (Å²) in [6.07, 6.45) is 2.63. The molecule has 0 radical (unpaired) electrons. The van der Waals surface area contributed by atoms with E-state index in [2.05, 4.69) is 15.0 Å². The van der Waals surface area contributed by atoms with Crippen molar-refractivity contribution in [1.82, 2.24) is 19.5 Å². The summed E-state index contributed by atoms with van der Waals surface area (Å²) in [7, 11) is 0. The zero-order valence-corrected chi connectivity index (χ0v) is 10.8. The number of pyridine rings is 1. The molecule has 3 heterocycles. The fourth-order valence-corrected chi connectivity index (χ4v) is 2.56. The summed E-state index contributed by atoms with van der Waals surface area (Å²) >= 11 is 1.60. The Hall–Kier alpha value is -1.95. The third-order valence-corrected chi connectivity index (χ3v) is 3.58. The number of anilines is 1. The molecule has 0 aliphatic heterocycles. The molecule has 0 saturated heterocycles. The maximum Gasteiger partial charge on any atom is 0.202 e. The number of fused-ring (bicyclic) bond motifs is 1. The van der Waals surface area contributed by atoms with E-state index in [1.54, 1.807) is 17.5 Å². The topological polar surface area (TPSA) is 69.6 Å². The van der Waals surface area contributed by atoms with Crippen LogP contribution in [0.15, 0.2) is 23.2 Å². The number of aromatic nitrogens is 4. The largest absolute Gasteiger partial charge is 0.369 e. The van der Waals surface area contributed by atoms with Crippen LogP contribution in [0.3, 0.4) is 0 Å². The lowest BCUT2D eigenvalue weighted by Gasteiger charge is -2.04. The Labute approximate surface area is 108 Å². The number of nitrogen functional groups attached to an aromatic ring is 1. The van der Waals surface area contributed by atoms with E-state index in [4.69, 9.17) is 5.73 Å². The summed E-state index contributed by atoms with van der Waals surface area (Å²) in [6, 6.07) is 1.94. The van der Waals surface area contributed by atoms with Crippen molar-refractivity contribution < 1.29 is 0 Å². The minimum Gasteiger partial charge on any atom is -0.369 e. The van der Waals surface area contributed by atoms with Gasteiger partial charge in [-0.15, -0.1) is 11.3 Å². The van der Waals surface area contributed by atoms with Crippen LogP contribution in [-0.2, 0) is 13.0 Å². The number of rotatable bonds is 3. The highest BCUT2D eigenvalue weighted by Gasteiger charge is 2.11. The van der Waals surface area contributed by atoms with Gasteiger partial charge in [-0.2, -0.15) is 0 Å². The van der Waals surface area contributed by atoms with E-state index in [0.717, 1.165) is 35.4 Å². The highest BCUT2D eigenvalue weighted by atomic mass is 32.1. The first-order valence-corrected chi connectivity index (χ1v) is 6.64. The predicted molar refractivity (Wildman–Crippen MR) is 72.5 cm³/mol. The molecule has 3 rings (SSSR count). The molecule has 0 unspecified atom stereocenters. The van der Waals surface area contributed by atoms with Gasteiger partial charge in [0, 0.05) is 24.5 Å². The van der Waals surface area contributed by atoms with Gasteiger partial charge in [-0.1, -0.05) is 0 Å². The van der Waals surface area contributed by atoms with Crippen molar-refractivity contribution in [1.29, 1.82) is 0 Å². The van der Waals surface area contributed by atoms with Crippen LogP contribution in [-0.4, -0.2) is 19.5 Å². The molecular weight excluding hydrogens is 246 g/mol. The van der Waals surface area contributed by atoms with Crippen LogP contribution in [0, 0.1) is 6.92 Å². The molecular formula is C12H13N5S. The summed E-state index contributed by atoms with van der Waals surface area (Å²) in [5.41, 5.74) is 11.7. The SMILES string of the molecule is Cc1ccnc2c1nc(N)n2CCc1cscn1. The lowest BCUT2D eigenvalue weighted by molar-refractivity contribution is 0.710. The highest BCUT2D eigenvalue weighted by Crippen LogP contribution is 2.19. The van der Waals surface area contributed by atoms with E-state index in [-0.39, 0.29) is 0 Å². The van der Waals surface area contributed by atoms with Crippen LogP contribution in [0.1, 0.15) is 11.3 Å². The van der Waals surface area contributed by atoms with Gasteiger partial charge in [-0.3, -0.25) is 4.57 Å². The fourth-order valence-electron chi connectivity index (χ4n) is 1.96. The number of nitrogens with two attached hydrogens (primary N) is 1. The Morgan fingerprint density at radius 2 is 2.28 bits per heavy atom. The van der Waals surface area contributed by atoms with Gasteiger partial charge in [0.2, 0.25) is 5.95 Å². The first-order chi connectivity index (χ1) is 8.75. The van der Waals surface area contributed by atoms with Crippen molar-refractivity contribution in [2.24, 2.45) is 0 Å². The molecule has 0 aromatic carbocycles. The molecule has 0 bridgehead atoms. The van der Waals surface area contributed by atoms with Gasteiger partial charge < -0.3 is 5.73 Å². The third kappa shape index (κ3) is 1.84. The van der Waals surface area contributed by atoms with Crippen LogP contribution in [0.4, 0.5) is 5.95 Å². The highest BCUT2D eigenvalue weighted by molar-refractivity contribution is 7.07. The zero-order chi connectivity index (χ0) is 12.5. The number of aryl methyl sites for hydroxylation is 3. The van der Waals surface area contributed by atoms with E-state index < -0.39 is 0 Å². The molecule has 3 aromatic heterocycles. The van der Waals surface area contributed by atoms with Crippen LogP contribution < -0.4 is 5.73 Å². The summed E-state index contributed by atoms with van der Waals surface area (Å²) in [6.45, 7) is 2.77. The second-order valence-corrected chi connectivity index (χ2v) is 4.87. The first kappa shape index (κ1) is 11.2. The molecule has 5 nitrogen and oxygen atoms in total. The molecule has 0 saturated carbocycles. The first-order valence-electron chi connectivity index (χ1n) is 5.70. The summed E-state index contributed by atoms with van der Waals surface area (Å²) in [4.78, 5) is 13.0. The third-order valence-electron chi connectivity index (χ3n) is 2.94.